The van der Waals surface area contributed by atoms with Gasteiger partial charge in [0.05, 0.1) is 0 Å². The average molecular weight is 268 g/mol. The van der Waals surface area contributed by atoms with E-state index in [9.17, 15) is 0 Å². The molecule has 0 aromatic carbocycles. The van der Waals surface area contributed by atoms with Gasteiger partial charge in [0.1, 0.15) is 16.8 Å². The van der Waals surface area contributed by atoms with Crippen molar-refractivity contribution in [2.24, 2.45) is 5.92 Å². The van der Waals surface area contributed by atoms with Crippen LogP contribution in [-0.2, 0) is 6.42 Å². The van der Waals surface area contributed by atoms with Crippen molar-refractivity contribution in [3.05, 3.63) is 16.5 Å². The fourth-order valence-electron chi connectivity index (χ4n) is 2.04. The number of halogens is 1. The van der Waals surface area contributed by atoms with E-state index in [-0.39, 0.29) is 0 Å². The summed E-state index contributed by atoms with van der Waals surface area (Å²) in [4.78, 5) is 8.85. The molecule has 2 rings (SSSR count). The number of hydrogen-bond acceptors (Lipinski definition) is 3. The standard InChI is InChI=1S/C14H22ClN3/c1-3-5-12-17-13(15)10(2)14(18-12)16-9-4-6-11-7-8-11/h11H,3-9H2,1-2H3,(H,16,17,18). The van der Waals surface area contributed by atoms with Crippen LogP contribution < -0.4 is 5.32 Å². The van der Waals surface area contributed by atoms with Crippen molar-refractivity contribution in [3.63, 3.8) is 0 Å². The van der Waals surface area contributed by atoms with Crippen LogP contribution in [0.1, 0.15) is 50.4 Å². The van der Waals surface area contributed by atoms with E-state index in [0.717, 1.165) is 42.5 Å². The summed E-state index contributed by atoms with van der Waals surface area (Å²) in [6.45, 7) is 5.08. The molecule has 0 radical (unpaired) electrons. The summed E-state index contributed by atoms with van der Waals surface area (Å²) < 4.78 is 0. The number of anilines is 1. The van der Waals surface area contributed by atoms with Crippen LogP contribution in [0, 0.1) is 12.8 Å². The van der Waals surface area contributed by atoms with E-state index >= 15 is 0 Å². The highest BCUT2D eigenvalue weighted by Gasteiger charge is 2.20. The van der Waals surface area contributed by atoms with E-state index < -0.39 is 0 Å². The first-order chi connectivity index (χ1) is 8.70. The Hall–Kier alpha value is -0.830. The van der Waals surface area contributed by atoms with Crippen LogP contribution in [0.15, 0.2) is 0 Å². The minimum absolute atomic E-state index is 0.582. The first-order valence-corrected chi connectivity index (χ1v) is 7.35. The Bertz CT molecular complexity index is 402. The van der Waals surface area contributed by atoms with Gasteiger partial charge in [-0.3, -0.25) is 0 Å². The molecule has 1 fully saturated rings. The first kappa shape index (κ1) is 13.6. The van der Waals surface area contributed by atoms with Crippen LogP contribution in [0.2, 0.25) is 5.15 Å². The Morgan fingerprint density at radius 3 is 2.78 bits per heavy atom. The minimum Gasteiger partial charge on any atom is -0.370 e. The van der Waals surface area contributed by atoms with Gasteiger partial charge in [-0.25, -0.2) is 9.97 Å². The van der Waals surface area contributed by atoms with E-state index in [4.69, 9.17) is 11.6 Å². The molecule has 1 N–H and O–H groups in total. The van der Waals surface area contributed by atoms with Crippen molar-refractivity contribution in [1.29, 1.82) is 0 Å². The molecule has 100 valence electrons. The summed E-state index contributed by atoms with van der Waals surface area (Å²) in [5.74, 6) is 2.75. The molecule has 1 saturated carbocycles. The molecule has 1 heterocycles. The van der Waals surface area contributed by atoms with Crippen LogP contribution in [0.4, 0.5) is 5.82 Å². The van der Waals surface area contributed by atoms with Gasteiger partial charge >= 0.3 is 0 Å². The van der Waals surface area contributed by atoms with Gasteiger partial charge in [0.2, 0.25) is 0 Å². The highest BCUT2D eigenvalue weighted by Crippen LogP contribution is 2.33. The molecule has 0 aliphatic heterocycles. The van der Waals surface area contributed by atoms with E-state index in [1.807, 2.05) is 6.92 Å². The van der Waals surface area contributed by atoms with Crippen molar-refractivity contribution in [3.8, 4) is 0 Å². The molecular formula is C14H22ClN3. The predicted octanol–water partition coefficient (Wildman–Crippen LogP) is 3.99. The van der Waals surface area contributed by atoms with Crippen LogP contribution in [0.5, 0.6) is 0 Å². The largest absolute Gasteiger partial charge is 0.370 e. The minimum atomic E-state index is 0.582. The van der Waals surface area contributed by atoms with E-state index in [1.165, 1.54) is 25.7 Å². The molecule has 1 aliphatic rings. The van der Waals surface area contributed by atoms with Gasteiger partial charge < -0.3 is 5.32 Å². The fourth-order valence-corrected chi connectivity index (χ4v) is 2.23. The number of nitrogens with one attached hydrogen (secondary N) is 1. The van der Waals surface area contributed by atoms with Gasteiger partial charge in [0.25, 0.3) is 0 Å². The number of nitrogens with zero attached hydrogens (tertiary/aromatic N) is 2. The van der Waals surface area contributed by atoms with Crippen molar-refractivity contribution in [2.45, 2.75) is 52.4 Å². The normalized spacial score (nSPS) is 14.8. The third-order valence-electron chi connectivity index (χ3n) is 3.38. The van der Waals surface area contributed by atoms with Crippen molar-refractivity contribution in [2.75, 3.05) is 11.9 Å². The molecule has 18 heavy (non-hydrogen) atoms. The van der Waals surface area contributed by atoms with Gasteiger partial charge in [-0.15, -0.1) is 0 Å². The zero-order valence-corrected chi connectivity index (χ0v) is 12.1. The molecular weight excluding hydrogens is 246 g/mol. The zero-order chi connectivity index (χ0) is 13.0. The molecule has 0 spiro atoms. The van der Waals surface area contributed by atoms with Crippen LogP contribution >= 0.6 is 11.6 Å². The number of rotatable bonds is 7. The second-order valence-electron chi connectivity index (χ2n) is 5.17. The maximum atomic E-state index is 6.14. The van der Waals surface area contributed by atoms with E-state index in [2.05, 4.69) is 22.2 Å². The molecule has 1 aromatic heterocycles. The fraction of sp³-hybridized carbons (Fsp3) is 0.714. The van der Waals surface area contributed by atoms with Gasteiger partial charge in [0.15, 0.2) is 0 Å². The lowest BCUT2D eigenvalue weighted by atomic mass is 10.2. The third kappa shape index (κ3) is 3.84. The summed E-state index contributed by atoms with van der Waals surface area (Å²) in [5.41, 5.74) is 0.961. The lowest BCUT2D eigenvalue weighted by Gasteiger charge is -2.11. The van der Waals surface area contributed by atoms with Gasteiger partial charge in [-0.1, -0.05) is 31.4 Å². The number of aryl methyl sites for hydroxylation is 1. The summed E-state index contributed by atoms with van der Waals surface area (Å²) in [7, 11) is 0. The third-order valence-corrected chi connectivity index (χ3v) is 3.75. The first-order valence-electron chi connectivity index (χ1n) is 6.97. The molecule has 1 aliphatic carbocycles. The van der Waals surface area contributed by atoms with Crippen LogP contribution in [-0.4, -0.2) is 16.5 Å². The Kier molecular flexibility index (Phi) is 4.81. The Morgan fingerprint density at radius 2 is 2.11 bits per heavy atom. The average Bonchev–Trinajstić information content (AvgIpc) is 3.15. The highest BCUT2D eigenvalue weighted by atomic mass is 35.5. The highest BCUT2D eigenvalue weighted by molar-refractivity contribution is 6.30. The number of aromatic nitrogens is 2. The predicted molar refractivity (Wildman–Crippen MR) is 76.2 cm³/mol. The Balaban J connectivity index is 1.91. The Labute approximate surface area is 114 Å². The van der Waals surface area contributed by atoms with Gasteiger partial charge in [-0.2, -0.15) is 0 Å². The summed E-state index contributed by atoms with van der Waals surface area (Å²) >= 11 is 6.14. The smallest absolute Gasteiger partial charge is 0.137 e. The molecule has 3 nitrogen and oxygen atoms in total. The quantitative estimate of drug-likeness (QED) is 0.600. The topological polar surface area (TPSA) is 37.8 Å². The molecule has 0 atom stereocenters. The molecule has 4 heteroatoms. The van der Waals surface area contributed by atoms with Crippen molar-refractivity contribution >= 4 is 17.4 Å². The SMILES string of the molecule is CCCc1nc(Cl)c(C)c(NCCCC2CC2)n1. The van der Waals surface area contributed by atoms with Gasteiger partial charge in [-0.05, 0) is 32.1 Å². The van der Waals surface area contributed by atoms with E-state index in [0.29, 0.717) is 5.15 Å². The second-order valence-corrected chi connectivity index (χ2v) is 5.52. The molecule has 0 saturated heterocycles. The molecule has 0 bridgehead atoms. The van der Waals surface area contributed by atoms with Crippen LogP contribution in [0.25, 0.3) is 0 Å². The van der Waals surface area contributed by atoms with E-state index in [1.54, 1.807) is 0 Å². The maximum Gasteiger partial charge on any atom is 0.137 e. The van der Waals surface area contributed by atoms with Crippen molar-refractivity contribution < 1.29 is 0 Å². The molecule has 1 aromatic rings. The van der Waals surface area contributed by atoms with Crippen molar-refractivity contribution in [1.82, 2.24) is 9.97 Å². The second kappa shape index (κ2) is 6.37. The summed E-state index contributed by atoms with van der Waals surface area (Å²) in [5, 5.41) is 3.98. The zero-order valence-electron chi connectivity index (χ0n) is 11.3. The van der Waals surface area contributed by atoms with Gasteiger partial charge in [0, 0.05) is 18.5 Å². The number of hydrogen-bond donors (Lipinski definition) is 1. The lowest BCUT2D eigenvalue weighted by Crippen LogP contribution is -2.08. The summed E-state index contributed by atoms with van der Waals surface area (Å²) in [6.07, 6.45) is 7.34. The maximum absolute atomic E-state index is 6.14. The molecule has 0 unspecified atom stereocenters. The monoisotopic (exact) mass is 267 g/mol. The summed E-state index contributed by atoms with van der Waals surface area (Å²) in [6, 6.07) is 0. The Morgan fingerprint density at radius 1 is 1.33 bits per heavy atom. The lowest BCUT2D eigenvalue weighted by molar-refractivity contribution is 0.685. The molecule has 0 amide bonds. The van der Waals surface area contributed by atoms with Crippen LogP contribution in [0.3, 0.4) is 0 Å².